The zero-order valence-electron chi connectivity index (χ0n) is 28.5. The molecule has 1 aliphatic rings. The van der Waals surface area contributed by atoms with E-state index in [0.717, 1.165) is 55.4 Å². The second-order valence-electron chi connectivity index (χ2n) is 12.8. The van der Waals surface area contributed by atoms with Gasteiger partial charge in [0.25, 0.3) is 0 Å². The molecule has 0 atom stereocenters. The largest absolute Gasteiger partial charge is 0.465 e. The zero-order valence-corrected chi connectivity index (χ0v) is 29.3. The van der Waals surface area contributed by atoms with Crippen molar-refractivity contribution in [3.63, 3.8) is 0 Å². The molecule has 0 fully saturated rings. The molecule has 0 spiro atoms. The van der Waals surface area contributed by atoms with E-state index in [4.69, 9.17) is 9.47 Å². The highest BCUT2D eigenvalue weighted by atomic mass is 32.1. The van der Waals surface area contributed by atoms with Gasteiger partial charge >= 0.3 is 11.9 Å². The second-order valence-corrected chi connectivity index (χ2v) is 13.8. The van der Waals surface area contributed by atoms with E-state index in [9.17, 15) is 14.4 Å². The lowest BCUT2D eigenvalue weighted by Crippen LogP contribution is -2.35. The molecule has 7 nitrogen and oxygen atoms in total. The number of carbonyl (C=O) groups excluding carboxylic acids is 3. The van der Waals surface area contributed by atoms with Gasteiger partial charge in [0.1, 0.15) is 6.61 Å². The molecule has 1 aromatic heterocycles. The minimum Gasteiger partial charge on any atom is -0.465 e. The van der Waals surface area contributed by atoms with Crippen molar-refractivity contribution in [1.29, 1.82) is 0 Å². The van der Waals surface area contributed by atoms with Gasteiger partial charge in [-0.15, -0.1) is 11.3 Å². The van der Waals surface area contributed by atoms with Crippen LogP contribution in [0, 0.1) is 5.92 Å². The molecule has 1 aromatic rings. The van der Waals surface area contributed by atoms with Crippen LogP contribution in [-0.4, -0.2) is 68.0 Å². The molecule has 1 aliphatic heterocycles. The summed E-state index contributed by atoms with van der Waals surface area (Å²) in [4.78, 5) is 43.3. The Labute approximate surface area is 272 Å². The number of unbranched alkanes of at least 4 members (excludes halogenated alkanes) is 12. The van der Waals surface area contributed by atoms with Crippen LogP contribution in [0.4, 0.5) is 0 Å². The Hall–Kier alpha value is -1.93. The molecule has 44 heavy (non-hydrogen) atoms. The first-order valence-electron chi connectivity index (χ1n) is 17.7. The summed E-state index contributed by atoms with van der Waals surface area (Å²) in [5.74, 6) is -0.0742. The maximum Gasteiger partial charge on any atom is 0.339 e. The Morgan fingerprint density at radius 2 is 1.43 bits per heavy atom. The van der Waals surface area contributed by atoms with E-state index < -0.39 is 0 Å². The predicted octanol–water partition coefficient (Wildman–Crippen LogP) is 8.57. The van der Waals surface area contributed by atoms with Crippen LogP contribution in [0.15, 0.2) is 5.38 Å². The maximum atomic E-state index is 12.9. The van der Waals surface area contributed by atoms with Gasteiger partial charge in [-0.3, -0.25) is 9.59 Å². The van der Waals surface area contributed by atoms with Crippen molar-refractivity contribution in [2.75, 3.05) is 40.4 Å². The van der Waals surface area contributed by atoms with Crippen LogP contribution in [0.3, 0.4) is 0 Å². The molecule has 0 saturated carbocycles. The topological polar surface area (TPSA) is 76.2 Å². The van der Waals surface area contributed by atoms with E-state index in [0.29, 0.717) is 51.3 Å². The number of rotatable bonds is 25. The predicted molar refractivity (Wildman–Crippen MR) is 181 cm³/mol. The Morgan fingerprint density at radius 1 is 0.818 bits per heavy atom. The number of ether oxygens (including phenoxy) is 2. The highest BCUT2D eigenvalue weighted by molar-refractivity contribution is 7.10. The van der Waals surface area contributed by atoms with Crippen molar-refractivity contribution < 1.29 is 23.9 Å². The monoisotopic (exact) mass is 634 g/mol. The van der Waals surface area contributed by atoms with E-state index in [-0.39, 0.29) is 23.8 Å². The van der Waals surface area contributed by atoms with E-state index in [1.807, 2.05) is 29.3 Å². The summed E-state index contributed by atoms with van der Waals surface area (Å²) < 4.78 is 11.2. The third kappa shape index (κ3) is 15.4. The molecule has 2 heterocycles. The smallest absolute Gasteiger partial charge is 0.339 e. The highest BCUT2D eigenvalue weighted by Gasteiger charge is 2.27. The third-order valence-electron chi connectivity index (χ3n) is 8.72. The molecular formula is C36H62N2O5S. The first-order chi connectivity index (χ1) is 21.4. The van der Waals surface area contributed by atoms with E-state index in [1.165, 1.54) is 64.2 Å². The summed E-state index contributed by atoms with van der Waals surface area (Å²) in [6.45, 7) is 7.21. The fourth-order valence-electron chi connectivity index (χ4n) is 5.84. The number of likely N-dealkylation sites (N-methyl/N-ethyl adjacent to an activating group) is 1. The standard InChI is InChI=1S/C36H62N2O5S/c1-5-7-9-11-13-16-20-30(21-17-14-12-10-8-6-2)35(40)42-26-19-15-18-22-34(39)38-24-23-31-32(29-44-33(31)28-38)36(41)43-27-25-37(3)4/h29-30H,5-28H2,1-4H3. The van der Waals surface area contributed by atoms with E-state index in [2.05, 4.69) is 13.8 Å². The van der Waals surface area contributed by atoms with Crippen molar-refractivity contribution in [2.45, 2.75) is 142 Å². The van der Waals surface area contributed by atoms with Crippen molar-refractivity contribution in [3.8, 4) is 0 Å². The molecule has 0 radical (unpaired) electrons. The Kier molecular flexibility index (Phi) is 20.4. The average Bonchev–Trinajstić information content (AvgIpc) is 3.44. The molecule has 252 valence electrons. The van der Waals surface area contributed by atoms with Crippen molar-refractivity contribution in [1.82, 2.24) is 9.80 Å². The fraction of sp³-hybridized carbons (Fsp3) is 0.806. The van der Waals surface area contributed by atoms with Gasteiger partial charge in [0.05, 0.1) is 24.6 Å². The van der Waals surface area contributed by atoms with Crippen molar-refractivity contribution in [3.05, 3.63) is 21.4 Å². The van der Waals surface area contributed by atoms with Gasteiger partial charge in [0.2, 0.25) is 5.91 Å². The number of hydrogen-bond donors (Lipinski definition) is 0. The summed E-state index contributed by atoms with van der Waals surface area (Å²) in [5, 5.41) is 1.88. The minimum absolute atomic E-state index is 0.00999. The Morgan fingerprint density at radius 3 is 2.07 bits per heavy atom. The lowest BCUT2D eigenvalue weighted by molar-refractivity contribution is -0.149. The lowest BCUT2D eigenvalue weighted by atomic mass is 9.94. The Bertz CT molecular complexity index is 931. The molecule has 0 aromatic carbocycles. The van der Waals surface area contributed by atoms with Crippen molar-refractivity contribution in [2.24, 2.45) is 5.92 Å². The number of thiophene rings is 1. The SMILES string of the molecule is CCCCCCCCC(CCCCCCCC)C(=O)OCCCCCC(=O)N1CCc2c(C(=O)OCCN(C)C)csc2C1. The molecule has 2 rings (SSSR count). The van der Waals surface area contributed by atoms with Gasteiger partial charge in [0.15, 0.2) is 0 Å². The molecule has 0 bridgehead atoms. The highest BCUT2D eigenvalue weighted by Crippen LogP contribution is 2.30. The molecule has 8 heteroatoms. The second kappa shape index (κ2) is 23.4. The number of carbonyl (C=O) groups is 3. The summed E-state index contributed by atoms with van der Waals surface area (Å²) in [7, 11) is 3.90. The molecule has 1 amide bonds. The number of hydrogen-bond acceptors (Lipinski definition) is 7. The molecule has 0 aliphatic carbocycles. The van der Waals surface area contributed by atoms with Crippen molar-refractivity contribution >= 4 is 29.2 Å². The van der Waals surface area contributed by atoms with Crippen LogP contribution in [0.1, 0.15) is 150 Å². The molecular weight excluding hydrogens is 572 g/mol. The summed E-state index contributed by atoms with van der Waals surface area (Å²) >= 11 is 1.55. The van der Waals surface area contributed by atoms with Gasteiger partial charge in [0, 0.05) is 29.8 Å². The van der Waals surface area contributed by atoms with Gasteiger partial charge in [-0.1, -0.05) is 90.9 Å². The maximum absolute atomic E-state index is 12.9. The first kappa shape index (κ1) is 38.3. The number of amides is 1. The minimum atomic E-state index is -0.263. The van der Waals surface area contributed by atoms with Crippen LogP contribution in [0.25, 0.3) is 0 Å². The van der Waals surface area contributed by atoms with Gasteiger partial charge in [-0.25, -0.2) is 4.79 Å². The van der Waals surface area contributed by atoms with Crippen LogP contribution in [0.2, 0.25) is 0 Å². The molecule has 0 saturated heterocycles. The Balaban J connectivity index is 1.66. The summed E-state index contributed by atoms with van der Waals surface area (Å²) in [5.41, 5.74) is 1.70. The normalized spacial score (nSPS) is 13.0. The first-order valence-corrected chi connectivity index (χ1v) is 18.6. The average molecular weight is 635 g/mol. The quantitative estimate of drug-likeness (QED) is 0.0792. The fourth-order valence-corrected chi connectivity index (χ4v) is 6.92. The number of esters is 2. The number of fused-ring (bicyclic) bond motifs is 1. The van der Waals surface area contributed by atoms with Crippen LogP contribution in [0.5, 0.6) is 0 Å². The van der Waals surface area contributed by atoms with E-state index in [1.54, 1.807) is 11.3 Å². The molecule has 0 unspecified atom stereocenters. The molecule has 0 N–H and O–H groups in total. The summed E-state index contributed by atoms with van der Waals surface area (Å²) in [6, 6.07) is 0. The van der Waals surface area contributed by atoms with Gasteiger partial charge < -0.3 is 19.3 Å². The van der Waals surface area contributed by atoms with Crippen LogP contribution < -0.4 is 0 Å². The van der Waals surface area contributed by atoms with Gasteiger partial charge in [-0.05, 0) is 58.2 Å². The third-order valence-corrected chi connectivity index (χ3v) is 9.73. The summed E-state index contributed by atoms with van der Waals surface area (Å²) in [6.07, 6.45) is 20.5. The number of nitrogens with zero attached hydrogens (tertiary/aromatic N) is 2. The van der Waals surface area contributed by atoms with Crippen LogP contribution in [-0.2, 0) is 32.0 Å². The van der Waals surface area contributed by atoms with Crippen LogP contribution >= 0.6 is 11.3 Å². The zero-order chi connectivity index (χ0) is 32.0. The van der Waals surface area contributed by atoms with E-state index >= 15 is 0 Å². The lowest BCUT2D eigenvalue weighted by Gasteiger charge is -2.27. The van der Waals surface area contributed by atoms with Gasteiger partial charge in [-0.2, -0.15) is 0 Å².